The molecule has 1 aliphatic rings. The molecule has 3 aromatic rings. The van der Waals surface area contributed by atoms with Crippen LogP contribution in [-0.4, -0.2) is 31.2 Å². The monoisotopic (exact) mass is 341 g/mol. The molecule has 124 valence electrons. The van der Waals surface area contributed by atoms with Gasteiger partial charge in [-0.3, -0.25) is 9.88 Å². The molecule has 4 heterocycles. The van der Waals surface area contributed by atoms with Gasteiger partial charge in [-0.2, -0.15) is 0 Å². The minimum Gasteiger partial charge on any atom is -0.369 e. The molecule has 0 N–H and O–H groups in total. The normalized spacial score (nSPS) is 14.7. The number of thiophene rings is 1. The molecule has 6 nitrogen and oxygen atoms in total. The van der Waals surface area contributed by atoms with E-state index in [-0.39, 0.29) is 0 Å². The highest BCUT2D eigenvalue weighted by Crippen LogP contribution is 2.18. The second kappa shape index (κ2) is 7.21. The molecule has 1 aliphatic heterocycles. The molecule has 3 aromatic heterocycles. The van der Waals surface area contributed by atoms with Gasteiger partial charge < -0.3 is 9.30 Å². The van der Waals surface area contributed by atoms with E-state index in [1.807, 2.05) is 18.3 Å². The van der Waals surface area contributed by atoms with Crippen LogP contribution in [0.2, 0.25) is 0 Å². The Bertz CT molecular complexity index is 772. The molecule has 24 heavy (non-hydrogen) atoms. The first-order valence-corrected chi connectivity index (χ1v) is 8.89. The topological polar surface area (TPSA) is 56.1 Å². The molecule has 0 spiro atoms. The second-order valence-electron chi connectivity index (χ2n) is 5.83. The van der Waals surface area contributed by atoms with Crippen LogP contribution >= 0.6 is 11.3 Å². The fraction of sp³-hybridized carbons (Fsp3) is 0.353. The largest absolute Gasteiger partial charge is 0.369 e. The van der Waals surface area contributed by atoms with E-state index in [4.69, 9.17) is 4.74 Å². The van der Waals surface area contributed by atoms with Crippen LogP contribution in [0.25, 0.3) is 0 Å². The van der Waals surface area contributed by atoms with Crippen LogP contribution in [0.1, 0.15) is 22.1 Å². The Kier molecular flexibility index (Phi) is 4.64. The van der Waals surface area contributed by atoms with E-state index in [9.17, 15) is 0 Å². The van der Waals surface area contributed by atoms with E-state index in [2.05, 4.69) is 42.2 Å². The standard InChI is InChI=1S/C17H19N5OS/c1-3-14(9-18-5-1)12-23-13-17-20-19-16-11-21(6-7-22(16)17)10-15-4-2-8-24-15/h1-5,8-9H,6-7,10-13H2. The van der Waals surface area contributed by atoms with Crippen molar-refractivity contribution in [2.75, 3.05) is 6.54 Å². The van der Waals surface area contributed by atoms with Crippen molar-refractivity contribution < 1.29 is 4.74 Å². The molecule has 7 heteroatoms. The minimum atomic E-state index is 0.479. The van der Waals surface area contributed by atoms with E-state index in [1.54, 1.807) is 17.5 Å². The van der Waals surface area contributed by atoms with E-state index < -0.39 is 0 Å². The summed E-state index contributed by atoms with van der Waals surface area (Å²) in [5, 5.41) is 10.8. The van der Waals surface area contributed by atoms with Gasteiger partial charge in [0.15, 0.2) is 5.82 Å². The van der Waals surface area contributed by atoms with E-state index in [1.165, 1.54) is 4.88 Å². The van der Waals surface area contributed by atoms with Crippen molar-refractivity contribution in [3.63, 3.8) is 0 Å². The van der Waals surface area contributed by atoms with Crippen molar-refractivity contribution in [2.45, 2.75) is 32.8 Å². The quantitative estimate of drug-likeness (QED) is 0.689. The Hall–Kier alpha value is -2.09. The molecule has 0 saturated carbocycles. The number of ether oxygens (including phenoxy) is 1. The lowest BCUT2D eigenvalue weighted by atomic mass is 10.3. The average Bonchev–Trinajstić information content (AvgIpc) is 3.26. The molecule has 0 radical (unpaired) electrons. The summed E-state index contributed by atoms with van der Waals surface area (Å²) in [5.41, 5.74) is 1.07. The number of pyridine rings is 1. The van der Waals surface area contributed by atoms with Gasteiger partial charge in [-0.05, 0) is 23.1 Å². The third kappa shape index (κ3) is 3.53. The van der Waals surface area contributed by atoms with Crippen molar-refractivity contribution in [1.82, 2.24) is 24.6 Å². The molecule has 0 atom stereocenters. The summed E-state index contributed by atoms with van der Waals surface area (Å²) >= 11 is 1.80. The first kappa shape index (κ1) is 15.4. The van der Waals surface area contributed by atoms with Crippen molar-refractivity contribution in [2.24, 2.45) is 0 Å². The van der Waals surface area contributed by atoms with Crippen molar-refractivity contribution in [3.8, 4) is 0 Å². The van der Waals surface area contributed by atoms with E-state index in [0.717, 1.165) is 43.4 Å². The third-order valence-corrected chi connectivity index (χ3v) is 4.95. The van der Waals surface area contributed by atoms with E-state index in [0.29, 0.717) is 13.2 Å². The first-order valence-electron chi connectivity index (χ1n) is 8.01. The van der Waals surface area contributed by atoms with Gasteiger partial charge in [0.25, 0.3) is 0 Å². The zero-order chi connectivity index (χ0) is 16.2. The van der Waals surface area contributed by atoms with Gasteiger partial charge >= 0.3 is 0 Å². The number of fused-ring (bicyclic) bond motifs is 1. The molecule has 4 rings (SSSR count). The van der Waals surface area contributed by atoms with E-state index >= 15 is 0 Å². The van der Waals surface area contributed by atoms with Gasteiger partial charge in [0.2, 0.25) is 0 Å². The zero-order valence-corrected chi connectivity index (χ0v) is 14.2. The summed E-state index contributed by atoms with van der Waals surface area (Å²) in [7, 11) is 0. The molecule has 0 bridgehead atoms. The van der Waals surface area contributed by atoms with Gasteiger partial charge in [0, 0.05) is 36.9 Å². The lowest BCUT2D eigenvalue weighted by Crippen LogP contribution is -2.33. The van der Waals surface area contributed by atoms with Crippen LogP contribution in [0.3, 0.4) is 0 Å². The van der Waals surface area contributed by atoms with Crippen molar-refractivity contribution >= 4 is 11.3 Å². The van der Waals surface area contributed by atoms with Gasteiger partial charge in [0.1, 0.15) is 12.4 Å². The van der Waals surface area contributed by atoms with Gasteiger partial charge in [-0.1, -0.05) is 12.1 Å². The maximum absolute atomic E-state index is 5.77. The Morgan fingerprint density at radius 1 is 1.12 bits per heavy atom. The van der Waals surface area contributed by atoms with Crippen molar-refractivity contribution in [1.29, 1.82) is 0 Å². The zero-order valence-electron chi connectivity index (χ0n) is 13.3. The lowest BCUT2D eigenvalue weighted by molar-refractivity contribution is 0.0966. The summed E-state index contributed by atoms with van der Waals surface area (Å²) in [4.78, 5) is 7.90. The predicted molar refractivity (Wildman–Crippen MR) is 91.2 cm³/mol. The minimum absolute atomic E-state index is 0.479. The maximum Gasteiger partial charge on any atom is 0.159 e. The Balaban J connectivity index is 1.34. The Morgan fingerprint density at radius 3 is 2.96 bits per heavy atom. The number of hydrogen-bond donors (Lipinski definition) is 0. The van der Waals surface area contributed by atoms with Crippen LogP contribution in [0.4, 0.5) is 0 Å². The molecule has 0 fully saturated rings. The fourth-order valence-electron chi connectivity index (χ4n) is 2.88. The molecule has 0 amide bonds. The van der Waals surface area contributed by atoms with Crippen LogP contribution < -0.4 is 0 Å². The van der Waals surface area contributed by atoms with Gasteiger partial charge in [-0.15, -0.1) is 21.5 Å². The number of nitrogens with zero attached hydrogens (tertiary/aromatic N) is 5. The highest BCUT2D eigenvalue weighted by Gasteiger charge is 2.21. The molecule has 0 aliphatic carbocycles. The molecule has 0 unspecified atom stereocenters. The van der Waals surface area contributed by atoms with Gasteiger partial charge in [0.05, 0.1) is 13.2 Å². The van der Waals surface area contributed by atoms with Crippen LogP contribution in [0, 0.1) is 0 Å². The molecule has 0 aromatic carbocycles. The average molecular weight is 341 g/mol. The van der Waals surface area contributed by atoms with Crippen molar-refractivity contribution in [3.05, 3.63) is 64.1 Å². The molecule has 0 saturated heterocycles. The lowest BCUT2D eigenvalue weighted by Gasteiger charge is -2.27. The van der Waals surface area contributed by atoms with Crippen LogP contribution in [0.15, 0.2) is 42.0 Å². The second-order valence-corrected chi connectivity index (χ2v) is 6.86. The smallest absolute Gasteiger partial charge is 0.159 e. The summed E-state index contributed by atoms with van der Waals surface area (Å²) in [6, 6.07) is 8.21. The predicted octanol–water partition coefficient (Wildman–Crippen LogP) is 2.47. The summed E-state index contributed by atoms with van der Waals surface area (Å²) in [6.07, 6.45) is 3.59. The third-order valence-electron chi connectivity index (χ3n) is 4.09. The Morgan fingerprint density at radius 2 is 2.12 bits per heavy atom. The summed E-state index contributed by atoms with van der Waals surface area (Å²) < 4.78 is 7.96. The SMILES string of the molecule is c1cncc(COCc2nnc3n2CCN(Cc2cccs2)C3)c1. The number of hydrogen-bond acceptors (Lipinski definition) is 6. The Labute approximate surface area is 144 Å². The number of aromatic nitrogens is 4. The van der Waals surface area contributed by atoms with Crippen LogP contribution in [-0.2, 0) is 37.6 Å². The maximum atomic E-state index is 5.77. The fourth-order valence-corrected chi connectivity index (χ4v) is 3.62. The number of rotatable bonds is 6. The highest BCUT2D eigenvalue weighted by molar-refractivity contribution is 7.09. The molecular weight excluding hydrogens is 322 g/mol. The summed E-state index contributed by atoms with van der Waals surface area (Å²) in [6.45, 7) is 4.77. The first-order chi connectivity index (χ1) is 11.9. The van der Waals surface area contributed by atoms with Crippen LogP contribution in [0.5, 0.6) is 0 Å². The highest BCUT2D eigenvalue weighted by atomic mass is 32.1. The molecular formula is C17H19N5OS. The van der Waals surface area contributed by atoms with Gasteiger partial charge in [-0.25, -0.2) is 0 Å². The summed E-state index contributed by atoms with van der Waals surface area (Å²) in [5.74, 6) is 1.93.